The van der Waals surface area contributed by atoms with Crippen molar-refractivity contribution in [2.75, 3.05) is 25.9 Å². The molecule has 1 aromatic rings. The molecule has 0 saturated carbocycles. The van der Waals surface area contributed by atoms with Crippen molar-refractivity contribution in [3.05, 3.63) is 21.9 Å². The van der Waals surface area contributed by atoms with Crippen molar-refractivity contribution in [3.8, 4) is 0 Å². The summed E-state index contributed by atoms with van der Waals surface area (Å²) in [4.78, 5) is 7.02. The van der Waals surface area contributed by atoms with Gasteiger partial charge in [0, 0.05) is 29.4 Å². The van der Waals surface area contributed by atoms with E-state index in [1.807, 2.05) is 6.92 Å². The van der Waals surface area contributed by atoms with Gasteiger partial charge in [-0.15, -0.1) is 35.3 Å². The number of aryl methyl sites for hydroxylation is 1. The molecular formula is C13H25IN4O2S2. The van der Waals surface area contributed by atoms with Crippen LogP contribution in [0, 0.1) is 6.92 Å². The van der Waals surface area contributed by atoms with Crippen LogP contribution in [0.25, 0.3) is 0 Å². The second-order valence-electron chi connectivity index (χ2n) is 4.65. The highest BCUT2D eigenvalue weighted by Crippen LogP contribution is 2.15. The highest BCUT2D eigenvalue weighted by molar-refractivity contribution is 14.0. The molecule has 0 aliphatic carbocycles. The molecule has 0 aromatic carbocycles. The topological polar surface area (TPSA) is 82.6 Å². The molecule has 0 atom stereocenters. The molecule has 0 spiro atoms. The van der Waals surface area contributed by atoms with E-state index in [1.165, 1.54) is 9.75 Å². The zero-order valence-corrected chi connectivity index (χ0v) is 17.1. The fraction of sp³-hybridized carbons (Fsp3) is 0.615. The Kier molecular flexibility index (Phi) is 11.0. The molecule has 6 nitrogen and oxygen atoms in total. The van der Waals surface area contributed by atoms with Crippen molar-refractivity contribution in [2.24, 2.45) is 4.99 Å². The van der Waals surface area contributed by atoms with Crippen LogP contribution in [0.4, 0.5) is 0 Å². The van der Waals surface area contributed by atoms with Gasteiger partial charge in [-0.2, -0.15) is 0 Å². The van der Waals surface area contributed by atoms with Crippen molar-refractivity contribution in [3.63, 3.8) is 0 Å². The van der Waals surface area contributed by atoms with Crippen molar-refractivity contribution in [1.82, 2.24) is 15.4 Å². The Hall–Kier alpha value is -0.390. The summed E-state index contributed by atoms with van der Waals surface area (Å²) in [6.45, 7) is 6.62. The Morgan fingerprint density at radius 3 is 2.55 bits per heavy atom. The first-order valence-corrected chi connectivity index (χ1v) is 9.63. The number of hydrogen-bond donors (Lipinski definition) is 3. The zero-order valence-electron chi connectivity index (χ0n) is 13.2. The lowest BCUT2D eigenvalue weighted by atomic mass is 10.4. The lowest BCUT2D eigenvalue weighted by molar-refractivity contribution is 0.584. The van der Waals surface area contributed by atoms with Crippen molar-refractivity contribution < 1.29 is 8.42 Å². The molecule has 9 heteroatoms. The van der Waals surface area contributed by atoms with Gasteiger partial charge in [0.05, 0.1) is 12.8 Å². The Balaban J connectivity index is 0.00000441. The van der Waals surface area contributed by atoms with Gasteiger partial charge in [0.15, 0.2) is 5.96 Å². The van der Waals surface area contributed by atoms with Crippen LogP contribution in [0.5, 0.6) is 0 Å². The molecule has 0 amide bonds. The summed E-state index contributed by atoms with van der Waals surface area (Å²) in [5.74, 6) is 0.753. The van der Waals surface area contributed by atoms with Crippen molar-refractivity contribution >= 4 is 51.3 Å². The van der Waals surface area contributed by atoms with E-state index in [-0.39, 0.29) is 24.0 Å². The minimum absolute atomic E-state index is 0. The number of nitrogens with one attached hydrogen (secondary N) is 3. The van der Waals surface area contributed by atoms with Gasteiger partial charge >= 0.3 is 0 Å². The summed E-state index contributed by atoms with van der Waals surface area (Å²) < 4.78 is 24.3. The highest BCUT2D eigenvalue weighted by atomic mass is 127. The number of guanidine groups is 1. The van der Waals surface area contributed by atoms with Crippen LogP contribution in [0.2, 0.25) is 0 Å². The highest BCUT2D eigenvalue weighted by Gasteiger charge is 2.01. The number of rotatable bonds is 8. The maximum Gasteiger partial charge on any atom is 0.208 e. The molecule has 0 radical (unpaired) electrons. The summed E-state index contributed by atoms with van der Waals surface area (Å²) in [6.07, 6.45) is 1.87. The van der Waals surface area contributed by atoms with E-state index in [0.717, 1.165) is 18.8 Å². The molecule has 0 bridgehead atoms. The summed E-state index contributed by atoms with van der Waals surface area (Å²) in [7, 11) is -3.10. The van der Waals surface area contributed by atoms with Gasteiger partial charge in [0.25, 0.3) is 0 Å². The summed E-state index contributed by atoms with van der Waals surface area (Å²) >= 11 is 1.74. The number of hydrogen-bond acceptors (Lipinski definition) is 4. The number of aliphatic imine (C=N–C) groups is 1. The number of nitrogens with zero attached hydrogens (tertiary/aromatic N) is 1. The number of thiophene rings is 1. The molecule has 1 heterocycles. The number of sulfonamides is 1. The van der Waals surface area contributed by atoms with Crippen LogP contribution in [0.15, 0.2) is 17.1 Å². The van der Waals surface area contributed by atoms with Gasteiger partial charge in [-0.1, -0.05) is 0 Å². The van der Waals surface area contributed by atoms with Gasteiger partial charge in [0.2, 0.25) is 10.0 Å². The van der Waals surface area contributed by atoms with E-state index >= 15 is 0 Å². The molecule has 1 rings (SSSR count). The normalized spacial score (nSPS) is 11.9. The molecule has 0 unspecified atom stereocenters. The van der Waals surface area contributed by atoms with Crippen LogP contribution in [-0.4, -0.2) is 40.3 Å². The molecule has 0 saturated heterocycles. The molecule has 1 aromatic heterocycles. The van der Waals surface area contributed by atoms with Gasteiger partial charge in [0.1, 0.15) is 0 Å². The van der Waals surface area contributed by atoms with Gasteiger partial charge in [-0.3, -0.25) is 0 Å². The fourth-order valence-corrected chi connectivity index (χ4v) is 2.95. The molecule has 0 aliphatic rings. The maximum absolute atomic E-state index is 10.9. The summed E-state index contributed by atoms with van der Waals surface area (Å²) in [6, 6.07) is 4.18. The molecule has 0 aliphatic heterocycles. The van der Waals surface area contributed by atoms with Crippen LogP contribution in [0.1, 0.15) is 23.1 Å². The SMILES string of the molecule is CCNC(=NCc1ccc(C)s1)NCCCNS(C)(=O)=O.I. The number of halogens is 1. The largest absolute Gasteiger partial charge is 0.357 e. The first-order valence-electron chi connectivity index (χ1n) is 6.93. The average molecular weight is 460 g/mol. The minimum atomic E-state index is -3.10. The second-order valence-corrected chi connectivity index (χ2v) is 7.86. The van der Waals surface area contributed by atoms with Crippen molar-refractivity contribution in [2.45, 2.75) is 26.8 Å². The Bertz CT molecular complexity index is 558. The smallest absolute Gasteiger partial charge is 0.208 e. The van der Waals surface area contributed by atoms with Crippen molar-refractivity contribution in [1.29, 1.82) is 0 Å². The Morgan fingerprint density at radius 1 is 1.27 bits per heavy atom. The van der Waals surface area contributed by atoms with Crippen LogP contribution >= 0.6 is 35.3 Å². The van der Waals surface area contributed by atoms with Crippen LogP contribution < -0.4 is 15.4 Å². The third-order valence-corrected chi connectivity index (χ3v) is 4.26. The second kappa shape index (κ2) is 11.2. The lowest BCUT2D eigenvalue weighted by Crippen LogP contribution is -2.38. The van der Waals surface area contributed by atoms with Gasteiger partial charge in [-0.05, 0) is 32.4 Å². The average Bonchev–Trinajstić information content (AvgIpc) is 2.80. The Morgan fingerprint density at radius 2 is 2.00 bits per heavy atom. The third-order valence-electron chi connectivity index (χ3n) is 2.54. The standard InChI is InChI=1S/C13H24N4O2S2.HI/c1-4-14-13(15-8-5-9-17-21(3,18)19)16-10-12-7-6-11(2)20-12;/h6-7,17H,4-5,8-10H2,1-3H3,(H2,14,15,16);1H. The molecule has 22 heavy (non-hydrogen) atoms. The van der Waals surface area contributed by atoms with E-state index in [9.17, 15) is 8.42 Å². The summed E-state index contributed by atoms with van der Waals surface area (Å²) in [5, 5.41) is 6.36. The van der Waals surface area contributed by atoms with E-state index in [2.05, 4.69) is 39.4 Å². The van der Waals surface area contributed by atoms with Crippen LogP contribution in [0.3, 0.4) is 0 Å². The summed E-state index contributed by atoms with van der Waals surface area (Å²) in [5.41, 5.74) is 0. The maximum atomic E-state index is 10.9. The minimum Gasteiger partial charge on any atom is -0.357 e. The lowest BCUT2D eigenvalue weighted by Gasteiger charge is -2.11. The fourth-order valence-electron chi connectivity index (χ4n) is 1.62. The third kappa shape index (κ3) is 10.4. The predicted octanol–water partition coefficient (Wildman–Crippen LogP) is 1.67. The Labute approximate surface area is 154 Å². The van der Waals surface area contributed by atoms with E-state index in [0.29, 0.717) is 26.1 Å². The molecular weight excluding hydrogens is 435 g/mol. The first kappa shape index (κ1) is 21.6. The first-order chi connectivity index (χ1) is 9.90. The van der Waals surface area contributed by atoms with Gasteiger partial charge < -0.3 is 10.6 Å². The van der Waals surface area contributed by atoms with E-state index in [4.69, 9.17) is 0 Å². The van der Waals surface area contributed by atoms with E-state index in [1.54, 1.807) is 11.3 Å². The zero-order chi connectivity index (χ0) is 15.7. The molecule has 0 fully saturated rings. The van der Waals surface area contributed by atoms with Crippen LogP contribution in [-0.2, 0) is 16.6 Å². The monoisotopic (exact) mass is 460 g/mol. The van der Waals surface area contributed by atoms with E-state index < -0.39 is 10.0 Å². The predicted molar refractivity (Wildman–Crippen MR) is 105 cm³/mol. The quantitative estimate of drug-likeness (QED) is 0.239. The molecule has 3 N–H and O–H groups in total. The molecule has 128 valence electrons. The van der Waals surface area contributed by atoms with Gasteiger partial charge in [-0.25, -0.2) is 18.1 Å².